The van der Waals surface area contributed by atoms with Crippen molar-refractivity contribution >= 4 is 5.91 Å². The van der Waals surface area contributed by atoms with E-state index in [1.807, 2.05) is 0 Å². The second-order valence-electron chi connectivity index (χ2n) is 7.61. The fourth-order valence-electron chi connectivity index (χ4n) is 4.29. The molecule has 0 spiro atoms. The van der Waals surface area contributed by atoms with Gasteiger partial charge in [0, 0.05) is 25.2 Å². The first-order valence-electron chi connectivity index (χ1n) is 8.27. The first-order valence-corrected chi connectivity index (χ1v) is 8.27. The largest absolute Gasteiger partial charge is 0.336 e. The molecular formula is C16H29N3O. The molecule has 3 rings (SSSR count). The van der Waals surface area contributed by atoms with Crippen molar-refractivity contribution in [2.75, 3.05) is 26.2 Å². The maximum Gasteiger partial charge on any atom is 0.240 e. The lowest BCUT2D eigenvalue weighted by Crippen LogP contribution is -2.63. The van der Waals surface area contributed by atoms with E-state index in [2.05, 4.69) is 35.9 Å². The highest BCUT2D eigenvalue weighted by atomic mass is 16.2. The number of piperazine rings is 1. The highest BCUT2D eigenvalue weighted by molar-refractivity contribution is 5.83. The van der Waals surface area contributed by atoms with Gasteiger partial charge in [-0.1, -0.05) is 13.8 Å². The molecule has 20 heavy (non-hydrogen) atoms. The molecule has 0 saturated carbocycles. The zero-order valence-corrected chi connectivity index (χ0v) is 13.2. The molecule has 3 saturated heterocycles. The van der Waals surface area contributed by atoms with Gasteiger partial charge in [-0.15, -0.1) is 0 Å². The molecule has 0 aliphatic carbocycles. The predicted octanol–water partition coefficient (Wildman–Crippen LogP) is 1.46. The molecule has 1 N–H and O–H groups in total. The van der Waals surface area contributed by atoms with E-state index in [0.29, 0.717) is 18.0 Å². The second kappa shape index (κ2) is 5.30. The maximum absolute atomic E-state index is 13.0. The van der Waals surface area contributed by atoms with E-state index in [4.69, 9.17) is 0 Å². The van der Waals surface area contributed by atoms with Crippen LogP contribution in [-0.2, 0) is 4.79 Å². The van der Waals surface area contributed by atoms with E-state index >= 15 is 0 Å². The van der Waals surface area contributed by atoms with Crippen LogP contribution in [0.2, 0.25) is 0 Å². The third kappa shape index (κ3) is 2.48. The molecule has 0 aromatic rings. The number of fused-ring (bicyclic) bond motifs is 1. The molecule has 3 fully saturated rings. The first-order chi connectivity index (χ1) is 9.49. The summed E-state index contributed by atoms with van der Waals surface area (Å²) in [7, 11) is 0. The van der Waals surface area contributed by atoms with Crippen molar-refractivity contribution in [3.8, 4) is 0 Å². The minimum Gasteiger partial charge on any atom is -0.336 e. The Kier molecular flexibility index (Phi) is 3.80. The van der Waals surface area contributed by atoms with Crippen molar-refractivity contribution in [3.05, 3.63) is 0 Å². The standard InChI is InChI=1S/C16H29N3O/c1-12-10-18-9-4-6-13(18)11-19(12)15(20)14-16(2,3)7-5-8-17-14/h12-14,17H,4-11H2,1-3H3. The summed E-state index contributed by atoms with van der Waals surface area (Å²) in [5.41, 5.74) is 0.0852. The van der Waals surface area contributed by atoms with Gasteiger partial charge in [0.05, 0.1) is 6.04 Å². The number of nitrogens with one attached hydrogen (secondary N) is 1. The van der Waals surface area contributed by atoms with Gasteiger partial charge in [-0.25, -0.2) is 0 Å². The van der Waals surface area contributed by atoms with Crippen LogP contribution in [0.4, 0.5) is 0 Å². The van der Waals surface area contributed by atoms with Gasteiger partial charge < -0.3 is 10.2 Å². The van der Waals surface area contributed by atoms with Gasteiger partial charge in [0.1, 0.15) is 0 Å². The molecule has 3 unspecified atom stereocenters. The van der Waals surface area contributed by atoms with Crippen LogP contribution >= 0.6 is 0 Å². The summed E-state index contributed by atoms with van der Waals surface area (Å²) in [5, 5.41) is 3.48. The number of amides is 1. The Hall–Kier alpha value is -0.610. The molecule has 0 radical (unpaired) electrons. The van der Waals surface area contributed by atoms with Crippen molar-refractivity contribution in [1.82, 2.24) is 15.1 Å². The molecule has 3 aliphatic rings. The van der Waals surface area contributed by atoms with E-state index in [1.54, 1.807) is 0 Å². The van der Waals surface area contributed by atoms with E-state index in [1.165, 1.54) is 25.8 Å². The van der Waals surface area contributed by atoms with Crippen molar-refractivity contribution in [1.29, 1.82) is 0 Å². The lowest BCUT2D eigenvalue weighted by molar-refractivity contribution is -0.143. The minimum atomic E-state index is 0.00616. The summed E-state index contributed by atoms with van der Waals surface area (Å²) >= 11 is 0. The van der Waals surface area contributed by atoms with Gasteiger partial charge in [0.2, 0.25) is 5.91 Å². The highest BCUT2D eigenvalue weighted by Crippen LogP contribution is 2.33. The summed E-state index contributed by atoms with van der Waals surface area (Å²) in [6.07, 6.45) is 4.89. The highest BCUT2D eigenvalue weighted by Gasteiger charge is 2.43. The Labute approximate surface area is 122 Å². The summed E-state index contributed by atoms with van der Waals surface area (Å²) in [6.45, 7) is 10.9. The number of carbonyl (C=O) groups excluding carboxylic acids is 1. The zero-order valence-electron chi connectivity index (χ0n) is 13.2. The van der Waals surface area contributed by atoms with Crippen LogP contribution in [0.3, 0.4) is 0 Å². The van der Waals surface area contributed by atoms with Crippen LogP contribution in [0, 0.1) is 5.41 Å². The SMILES string of the molecule is CC1CN2CCCC2CN1C(=O)C1NCCCC1(C)C. The summed E-state index contributed by atoms with van der Waals surface area (Å²) in [5.74, 6) is 0.341. The van der Waals surface area contributed by atoms with Crippen molar-refractivity contribution in [2.24, 2.45) is 5.41 Å². The number of hydrogen-bond donors (Lipinski definition) is 1. The molecule has 0 aromatic carbocycles. The van der Waals surface area contributed by atoms with Crippen molar-refractivity contribution in [3.63, 3.8) is 0 Å². The first kappa shape index (κ1) is 14.3. The topological polar surface area (TPSA) is 35.6 Å². The Morgan fingerprint density at radius 3 is 2.80 bits per heavy atom. The van der Waals surface area contributed by atoms with Gasteiger partial charge in [-0.05, 0) is 51.1 Å². The molecule has 3 atom stereocenters. The molecule has 0 aromatic heterocycles. The minimum absolute atomic E-state index is 0.00616. The second-order valence-corrected chi connectivity index (χ2v) is 7.61. The van der Waals surface area contributed by atoms with Crippen LogP contribution in [0.15, 0.2) is 0 Å². The smallest absolute Gasteiger partial charge is 0.240 e. The van der Waals surface area contributed by atoms with Crippen LogP contribution in [-0.4, -0.2) is 60.0 Å². The maximum atomic E-state index is 13.0. The van der Waals surface area contributed by atoms with Gasteiger partial charge in [-0.2, -0.15) is 0 Å². The number of hydrogen-bond acceptors (Lipinski definition) is 3. The van der Waals surface area contributed by atoms with Crippen LogP contribution in [0.1, 0.15) is 46.5 Å². The molecule has 1 amide bonds. The van der Waals surface area contributed by atoms with E-state index < -0.39 is 0 Å². The lowest BCUT2D eigenvalue weighted by atomic mass is 9.76. The average Bonchev–Trinajstić information content (AvgIpc) is 2.83. The zero-order chi connectivity index (χ0) is 14.3. The van der Waals surface area contributed by atoms with E-state index in [9.17, 15) is 4.79 Å². The van der Waals surface area contributed by atoms with Gasteiger partial charge in [0.15, 0.2) is 0 Å². The van der Waals surface area contributed by atoms with Gasteiger partial charge in [0.25, 0.3) is 0 Å². The number of piperidine rings is 1. The number of nitrogens with zero attached hydrogens (tertiary/aromatic N) is 2. The van der Waals surface area contributed by atoms with E-state index in [0.717, 1.165) is 26.1 Å². The Morgan fingerprint density at radius 1 is 1.25 bits per heavy atom. The number of rotatable bonds is 1. The normalized spacial score (nSPS) is 37.8. The molecule has 4 nitrogen and oxygen atoms in total. The summed E-state index contributed by atoms with van der Waals surface area (Å²) in [6, 6.07) is 0.977. The third-order valence-electron chi connectivity index (χ3n) is 5.60. The molecule has 0 bridgehead atoms. The fraction of sp³-hybridized carbons (Fsp3) is 0.938. The number of carbonyl (C=O) groups is 1. The summed E-state index contributed by atoms with van der Waals surface area (Å²) in [4.78, 5) is 17.8. The molecular weight excluding hydrogens is 250 g/mol. The summed E-state index contributed by atoms with van der Waals surface area (Å²) < 4.78 is 0. The Morgan fingerprint density at radius 2 is 2.05 bits per heavy atom. The van der Waals surface area contributed by atoms with Crippen molar-refractivity contribution in [2.45, 2.75) is 64.6 Å². The van der Waals surface area contributed by atoms with Gasteiger partial charge >= 0.3 is 0 Å². The Bertz CT molecular complexity index is 382. The van der Waals surface area contributed by atoms with Gasteiger partial charge in [-0.3, -0.25) is 9.69 Å². The van der Waals surface area contributed by atoms with Crippen molar-refractivity contribution < 1.29 is 4.79 Å². The monoisotopic (exact) mass is 279 g/mol. The predicted molar refractivity (Wildman–Crippen MR) is 80.6 cm³/mol. The molecule has 3 aliphatic heterocycles. The van der Waals surface area contributed by atoms with Crippen LogP contribution in [0.25, 0.3) is 0 Å². The lowest BCUT2D eigenvalue weighted by Gasteiger charge is -2.47. The molecule has 4 heteroatoms. The van der Waals surface area contributed by atoms with E-state index in [-0.39, 0.29) is 11.5 Å². The fourth-order valence-corrected chi connectivity index (χ4v) is 4.29. The average molecular weight is 279 g/mol. The Balaban J connectivity index is 1.72. The van der Waals surface area contributed by atoms with Crippen LogP contribution in [0.5, 0.6) is 0 Å². The quantitative estimate of drug-likeness (QED) is 0.789. The van der Waals surface area contributed by atoms with Crippen LogP contribution < -0.4 is 5.32 Å². The third-order valence-corrected chi connectivity index (χ3v) is 5.60. The molecule has 3 heterocycles. The molecule has 114 valence electrons.